The van der Waals surface area contributed by atoms with E-state index in [0.717, 1.165) is 25.9 Å². The van der Waals surface area contributed by atoms with Gasteiger partial charge in [0.05, 0.1) is 18.2 Å². The summed E-state index contributed by atoms with van der Waals surface area (Å²) in [6, 6.07) is -0.0628. The number of ether oxygens (including phenoxy) is 1. The first-order valence-corrected chi connectivity index (χ1v) is 7.80. The van der Waals surface area contributed by atoms with Gasteiger partial charge in [0.1, 0.15) is 0 Å². The predicted molar refractivity (Wildman–Crippen MR) is 77.4 cm³/mol. The Balaban J connectivity index is 1.88. The summed E-state index contributed by atoms with van der Waals surface area (Å²) in [5.74, 6) is 0.631. The summed E-state index contributed by atoms with van der Waals surface area (Å²) in [5, 5.41) is 9.18. The number of likely N-dealkylation sites (tertiary alicyclic amines) is 1. The van der Waals surface area contributed by atoms with Gasteiger partial charge >= 0.3 is 0 Å². The molecule has 0 spiro atoms. The molecular weight excluding hydrogens is 256 g/mol. The number of piperidine rings is 1. The van der Waals surface area contributed by atoms with E-state index in [0.29, 0.717) is 19.0 Å². The van der Waals surface area contributed by atoms with Gasteiger partial charge in [-0.25, -0.2) is 0 Å². The van der Waals surface area contributed by atoms with E-state index < -0.39 is 0 Å². The zero-order valence-electron chi connectivity index (χ0n) is 12.9. The predicted octanol–water partition coefficient (Wildman–Crippen LogP) is 0.715. The number of aliphatic hydroxyl groups excluding tert-OH is 1. The molecule has 1 N–H and O–H groups in total. The zero-order valence-corrected chi connectivity index (χ0v) is 12.9. The van der Waals surface area contributed by atoms with E-state index in [1.54, 1.807) is 0 Å². The molecule has 0 aliphatic carbocycles. The third-order valence-electron chi connectivity index (χ3n) is 4.54. The molecule has 0 aromatic heterocycles. The van der Waals surface area contributed by atoms with Gasteiger partial charge in [-0.1, -0.05) is 0 Å². The van der Waals surface area contributed by atoms with Gasteiger partial charge in [0.25, 0.3) is 0 Å². The molecule has 116 valence electrons. The lowest BCUT2D eigenvalue weighted by Gasteiger charge is -2.40. The minimum atomic E-state index is -0.0628. The Morgan fingerprint density at radius 3 is 2.30 bits per heavy atom. The summed E-state index contributed by atoms with van der Waals surface area (Å²) in [6.45, 7) is 9.53. The van der Waals surface area contributed by atoms with Crippen LogP contribution in [-0.4, -0.2) is 71.8 Å². The molecule has 2 aliphatic rings. The number of hydrogen-bond acceptors (Lipinski definition) is 4. The molecule has 3 unspecified atom stereocenters. The number of aliphatic hydroxyl groups is 1. The standard InChI is InChI=1S/C15H28N2O3/c1-11-8-17(9-12(2)20-11)15(19)13(3)16-6-4-14(10-18)5-7-16/h11-14,18H,4-10H2,1-3H3. The van der Waals surface area contributed by atoms with Crippen LogP contribution in [0.1, 0.15) is 33.6 Å². The Morgan fingerprint density at radius 2 is 1.80 bits per heavy atom. The van der Waals surface area contributed by atoms with Crippen LogP contribution < -0.4 is 0 Å². The quantitative estimate of drug-likeness (QED) is 0.829. The van der Waals surface area contributed by atoms with Crippen molar-refractivity contribution < 1.29 is 14.6 Å². The van der Waals surface area contributed by atoms with Crippen LogP contribution in [0.3, 0.4) is 0 Å². The molecule has 3 atom stereocenters. The van der Waals surface area contributed by atoms with E-state index in [-0.39, 0.29) is 30.8 Å². The van der Waals surface area contributed by atoms with E-state index in [1.165, 1.54) is 0 Å². The van der Waals surface area contributed by atoms with Gasteiger partial charge in [-0.3, -0.25) is 9.69 Å². The molecule has 2 aliphatic heterocycles. The second-order valence-corrected chi connectivity index (χ2v) is 6.34. The van der Waals surface area contributed by atoms with Crippen molar-refractivity contribution in [1.29, 1.82) is 0 Å². The third-order valence-corrected chi connectivity index (χ3v) is 4.54. The van der Waals surface area contributed by atoms with Gasteiger partial charge in [0.2, 0.25) is 5.91 Å². The first kappa shape index (κ1) is 15.7. The highest BCUT2D eigenvalue weighted by Crippen LogP contribution is 2.20. The number of nitrogens with zero attached hydrogens (tertiary/aromatic N) is 2. The molecule has 0 saturated carbocycles. The Hall–Kier alpha value is -0.650. The summed E-state index contributed by atoms with van der Waals surface area (Å²) < 4.78 is 5.69. The molecule has 5 nitrogen and oxygen atoms in total. The maximum Gasteiger partial charge on any atom is 0.239 e. The molecule has 1 amide bonds. The molecule has 0 radical (unpaired) electrons. The van der Waals surface area contributed by atoms with Crippen LogP contribution in [-0.2, 0) is 9.53 Å². The summed E-state index contributed by atoms with van der Waals surface area (Å²) in [6.07, 6.45) is 2.22. The first-order chi connectivity index (χ1) is 9.51. The minimum absolute atomic E-state index is 0.0628. The minimum Gasteiger partial charge on any atom is -0.396 e. The van der Waals surface area contributed by atoms with E-state index in [2.05, 4.69) is 4.90 Å². The molecule has 20 heavy (non-hydrogen) atoms. The maximum atomic E-state index is 12.6. The molecule has 2 saturated heterocycles. The van der Waals surface area contributed by atoms with Crippen LogP contribution in [0.4, 0.5) is 0 Å². The Bertz CT molecular complexity index is 319. The fraction of sp³-hybridized carbons (Fsp3) is 0.933. The van der Waals surface area contributed by atoms with Crippen molar-refractivity contribution in [3.63, 3.8) is 0 Å². The second kappa shape index (κ2) is 6.87. The summed E-state index contributed by atoms with van der Waals surface area (Å²) in [7, 11) is 0. The lowest BCUT2D eigenvalue weighted by atomic mass is 9.96. The molecule has 0 aromatic carbocycles. The molecule has 2 rings (SSSR count). The van der Waals surface area contributed by atoms with Crippen molar-refractivity contribution in [2.24, 2.45) is 5.92 Å². The molecule has 0 aromatic rings. The molecule has 2 fully saturated rings. The average molecular weight is 284 g/mol. The monoisotopic (exact) mass is 284 g/mol. The van der Waals surface area contributed by atoms with Crippen molar-refractivity contribution in [3.05, 3.63) is 0 Å². The Labute approximate surface area is 121 Å². The first-order valence-electron chi connectivity index (χ1n) is 7.80. The van der Waals surface area contributed by atoms with Crippen LogP contribution in [0.5, 0.6) is 0 Å². The van der Waals surface area contributed by atoms with E-state index in [1.807, 2.05) is 25.7 Å². The van der Waals surface area contributed by atoms with Gasteiger partial charge in [-0.15, -0.1) is 0 Å². The normalized spacial score (nSPS) is 31.3. The maximum absolute atomic E-state index is 12.6. The average Bonchev–Trinajstić information content (AvgIpc) is 2.45. The molecule has 5 heteroatoms. The lowest BCUT2D eigenvalue weighted by Crippen LogP contribution is -2.55. The van der Waals surface area contributed by atoms with Crippen LogP contribution >= 0.6 is 0 Å². The highest BCUT2D eigenvalue weighted by atomic mass is 16.5. The van der Waals surface area contributed by atoms with E-state index >= 15 is 0 Å². The van der Waals surface area contributed by atoms with E-state index in [9.17, 15) is 9.90 Å². The third kappa shape index (κ3) is 3.71. The number of carbonyl (C=O) groups excluding carboxylic acids is 1. The van der Waals surface area contributed by atoms with E-state index in [4.69, 9.17) is 4.74 Å². The van der Waals surface area contributed by atoms with Crippen molar-refractivity contribution >= 4 is 5.91 Å². The van der Waals surface area contributed by atoms with Crippen molar-refractivity contribution in [2.75, 3.05) is 32.8 Å². The largest absolute Gasteiger partial charge is 0.396 e. The highest BCUT2D eigenvalue weighted by Gasteiger charge is 2.32. The zero-order chi connectivity index (χ0) is 14.7. The van der Waals surface area contributed by atoms with Crippen molar-refractivity contribution in [3.8, 4) is 0 Å². The Morgan fingerprint density at radius 1 is 1.25 bits per heavy atom. The van der Waals surface area contributed by atoms with Crippen molar-refractivity contribution in [2.45, 2.75) is 51.9 Å². The number of rotatable bonds is 3. The van der Waals surface area contributed by atoms with Crippen LogP contribution in [0.25, 0.3) is 0 Å². The molecule has 0 bridgehead atoms. The molecule has 2 heterocycles. The van der Waals surface area contributed by atoms with Crippen LogP contribution in [0, 0.1) is 5.92 Å². The number of carbonyl (C=O) groups is 1. The smallest absolute Gasteiger partial charge is 0.239 e. The van der Waals surface area contributed by atoms with Gasteiger partial charge in [0, 0.05) is 19.7 Å². The van der Waals surface area contributed by atoms with Crippen LogP contribution in [0.15, 0.2) is 0 Å². The second-order valence-electron chi connectivity index (χ2n) is 6.34. The number of hydrogen-bond donors (Lipinski definition) is 1. The van der Waals surface area contributed by atoms with Crippen LogP contribution in [0.2, 0.25) is 0 Å². The number of morpholine rings is 1. The van der Waals surface area contributed by atoms with Gasteiger partial charge in [-0.2, -0.15) is 0 Å². The summed E-state index contributed by atoms with van der Waals surface area (Å²) in [4.78, 5) is 16.8. The van der Waals surface area contributed by atoms with Crippen molar-refractivity contribution in [1.82, 2.24) is 9.80 Å². The molecular formula is C15H28N2O3. The summed E-state index contributed by atoms with van der Waals surface area (Å²) in [5.41, 5.74) is 0. The fourth-order valence-electron chi connectivity index (χ4n) is 3.30. The fourth-order valence-corrected chi connectivity index (χ4v) is 3.30. The SMILES string of the molecule is CC1CN(C(=O)C(C)N2CCC(CO)CC2)CC(C)O1. The topological polar surface area (TPSA) is 53.0 Å². The van der Waals surface area contributed by atoms with Gasteiger partial charge < -0.3 is 14.7 Å². The highest BCUT2D eigenvalue weighted by molar-refractivity contribution is 5.81. The lowest BCUT2D eigenvalue weighted by molar-refractivity contribution is -0.148. The summed E-state index contributed by atoms with van der Waals surface area (Å²) >= 11 is 0. The van der Waals surface area contributed by atoms with Gasteiger partial charge in [0.15, 0.2) is 0 Å². The number of amides is 1. The Kier molecular flexibility index (Phi) is 5.41. The van der Waals surface area contributed by atoms with Gasteiger partial charge in [-0.05, 0) is 52.6 Å².